The van der Waals surface area contributed by atoms with Crippen LogP contribution in [-0.2, 0) is 0 Å². The van der Waals surface area contributed by atoms with E-state index in [1.807, 2.05) is 36.4 Å². The van der Waals surface area contributed by atoms with Crippen molar-refractivity contribution in [2.45, 2.75) is 0 Å². The van der Waals surface area contributed by atoms with Crippen LogP contribution in [0.1, 0.15) is 5.56 Å². The van der Waals surface area contributed by atoms with Crippen molar-refractivity contribution in [3.05, 3.63) is 59.0 Å². The zero-order valence-corrected chi connectivity index (χ0v) is 11.4. The fourth-order valence-corrected chi connectivity index (χ4v) is 2.55. The van der Waals surface area contributed by atoms with Gasteiger partial charge >= 0.3 is 0 Å². The lowest BCUT2D eigenvalue weighted by atomic mass is 9.98. The third kappa shape index (κ3) is 1.98. The lowest BCUT2D eigenvalue weighted by molar-refractivity contribution is 1.16. The predicted molar refractivity (Wildman–Crippen MR) is 77.4 cm³/mol. The lowest BCUT2D eigenvalue weighted by Gasteiger charge is -2.08. The van der Waals surface area contributed by atoms with Crippen LogP contribution >= 0.6 is 15.9 Å². The van der Waals surface area contributed by atoms with Crippen molar-refractivity contribution in [3.8, 4) is 17.3 Å². The Labute approximate surface area is 118 Å². The molecule has 0 saturated heterocycles. The number of halogens is 1. The Kier molecular flexibility index (Phi) is 2.98. The van der Waals surface area contributed by atoms with E-state index in [0.29, 0.717) is 5.56 Å². The number of aromatic nitrogens is 2. The number of hydrogen-bond acceptors (Lipinski definition) is 3. The fourth-order valence-electron chi connectivity index (χ4n) is 2.11. The quantitative estimate of drug-likeness (QED) is 0.684. The number of nitriles is 1. The molecule has 90 valence electrons. The van der Waals surface area contributed by atoms with Crippen molar-refractivity contribution in [2.24, 2.45) is 0 Å². The van der Waals surface area contributed by atoms with Gasteiger partial charge in [-0.25, -0.2) is 9.97 Å². The Morgan fingerprint density at radius 3 is 2.58 bits per heavy atom. The molecule has 0 aliphatic heterocycles. The van der Waals surface area contributed by atoms with Gasteiger partial charge in [0.05, 0.1) is 21.8 Å². The van der Waals surface area contributed by atoms with Crippen LogP contribution < -0.4 is 0 Å². The van der Waals surface area contributed by atoms with E-state index in [1.165, 1.54) is 6.33 Å². The SMILES string of the molecule is N#Cc1ccc(-c2ncncc2Br)c2ccccc12. The molecule has 0 amide bonds. The summed E-state index contributed by atoms with van der Waals surface area (Å²) >= 11 is 3.46. The van der Waals surface area contributed by atoms with Gasteiger partial charge in [0.2, 0.25) is 0 Å². The van der Waals surface area contributed by atoms with Crippen LogP contribution in [0.3, 0.4) is 0 Å². The molecule has 19 heavy (non-hydrogen) atoms. The van der Waals surface area contributed by atoms with E-state index >= 15 is 0 Å². The molecule has 0 aliphatic rings. The summed E-state index contributed by atoms with van der Waals surface area (Å²) in [5.41, 5.74) is 2.49. The highest BCUT2D eigenvalue weighted by Crippen LogP contribution is 2.32. The minimum atomic E-state index is 0.671. The fraction of sp³-hybridized carbons (Fsp3) is 0. The van der Waals surface area contributed by atoms with Gasteiger partial charge in [-0.3, -0.25) is 0 Å². The second-order valence-electron chi connectivity index (χ2n) is 4.04. The molecule has 0 spiro atoms. The molecule has 1 aromatic heterocycles. The summed E-state index contributed by atoms with van der Waals surface area (Å²) in [4.78, 5) is 8.29. The Balaban J connectivity index is 2.39. The highest BCUT2D eigenvalue weighted by molar-refractivity contribution is 9.10. The lowest BCUT2D eigenvalue weighted by Crippen LogP contribution is -1.90. The zero-order valence-electron chi connectivity index (χ0n) is 9.84. The average Bonchev–Trinajstić information content (AvgIpc) is 2.47. The van der Waals surface area contributed by atoms with Gasteiger partial charge < -0.3 is 0 Å². The largest absolute Gasteiger partial charge is 0.244 e. The van der Waals surface area contributed by atoms with Crippen LogP contribution in [0.2, 0.25) is 0 Å². The molecule has 0 atom stereocenters. The maximum Gasteiger partial charge on any atom is 0.116 e. The van der Waals surface area contributed by atoms with Gasteiger partial charge in [0.25, 0.3) is 0 Å². The summed E-state index contributed by atoms with van der Waals surface area (Å²) in [6.45, 7) is 0. The van der Waals surface area contributed by atoms with Crippen LogP contribution in [0.15, 0.2) is 53.4 Å². The van der Waals surface area contributed by atoms with Gasteiger partial charge in [-0.05, 0) is 27.4 Å². The van der Waals surface area contributed by atoms with Crippen molar-refractivity contribution in [1.29, 1.82) is 5.26 Å². The van der Waals surface area contributed by atoms with E-state index in [-0.39, 0.29) is 0 Å². The molecule has 3 aromatic rings. The molecule has 2 aromatic carbocycles. The molecule has 0 fully saturated rings. The Morgan fingerprint density at radius 1 is 1.05 bits per heavy atom. The molecule has 0 unspecified atom stereocenters. The first kappa shape index (κ1) is 11.8. The summed E-state index contributed by atoms with van der Waals surface area (Å²) < 4.78 is 0.838. The maximum absolute atomic E-state index is 9.17. The first-order valence-electron chi connectivity index (χ1n) is 5.69. The van der Waals surface area contributed by atoms with E-state index < -0.39 is 0 Å². The normalized spacial score (nSPS) is 10.3. The van der Waals surface area contributed by atoms with Gasteiger partial charge in [-0.2, -0.15) is 5.26 Å². The minimum Gasteiger partial charge on any atom is -0.244 e. The second-order valence-corrected chi connectivity index (χ2v) is 4.89. The number of benzene rings is 2. The summed E-state index contributed by atoms with van der Waals surface area (Å²) in [5.74, 6) is 0. The molecule has 0 N–H and O–H groups in total. The third-order valence-electron chi connectivity index (χ3n) is 2.97. The van der Waals surface area contributed by atoms with E-state index in [1.54, 1.807) is 6.20 Å². The van der Waals surface area contributed by atoms with Gasteiger partial charge in [-0.1, -0.05) is 30.3 Å². The van der Waals surface area contributed by atoms with E-state index in [0.717, 1.165) is 26.5 Å². The van der Waals surface area contributed by atoms with Gasteiger partial charge in [0, 0.05) is 17.1 Å². The first-order chi connectivity index (χ1) is 9.31. The standard InChI is InChI=1S/C15H8BrN3/c16-14-8-18-9-19-15(14)13-6-5-10(7-17)11-3-1-2-4-12(11)13/h1-6,8-9H. The second kappa shape index (κ2) is 4.79. The van der Waals surface area contributed by atoms with E-state index in [9.17, 15) is 0 Å². The van der Waals surface area contributed by atoms with Crippen molar-refractivity contribution < 1.29 is 0 Å². The average molecular weight is 310 g/mol. The van der Waals surface area contributed by atoms with E-state index in [4.69, 9.17) is 5.26 Å². The smallest absolute Gasteiger partial charge is 0.116 e. The maximum atomic E-state index is 9.17. The van der Waals surface area contributed by atoms with Crippen LogP contribution in [0.4, 0.5) is 0 Å². The van der Waals surface area contributed by atoms with Crippen molar-refractivity contribution in [2.75, 3.05) is 0 Å². The van der Waals surface area contributed by atoms with Crippen molar-refractivity contribution >= 4 is 26.7 Å². The molecule has 0 saturated carbocycles. The van der Waals surface area contributed by atoms with E-state index in [2.05, 4.69) is 32.0 Å². The summed E-state index contributed by atoms with van der Waals surface area (Å²) in [6.07, 6.45) is 3.24. The highest BCUT2D eigenvalue weighted by atomic mass is 79.9. The van der Waals surface area contributed by atoms with Gasteiger partial charge in [0.15, 0.2) is 0 Å². The number of hydrogen-bond donors (Lipinski definition) is 0. The molecule has 3 nitrogen and oxygen atoms in total. The number of nitrogens with zero attached hydrogens (tertiary/aromatic N) is 3. The molecule has 1 heterocycles. The molecular formula is C15H8BrN3. The predicted octanol–water partition coefficient (Wildman–Crippen LogP) is 3.93. The van der Waals surface area contributed by atoms with Crippen molar-refractivity contribution in [3.63, 3.8) is 0 Å². The Morgan fingerprint density at radius 2 is 1.84 bits per heavy atom. The highest BCUT2D eigenvalue weighted by Gasteiger charge is 2.10. The minimum absolute atomic E-state index is 0.671. The number of rotatable bonds is 1. The van der Waals surface area contributed by atoms with Gasteiger partial charge in [-0.15, -0.1) is 0 Å². The molecule has 0 bridgehead atoms. The third-order valence-corrected chi connectivity index (χ3v) is 3.55. The molecule has 0 aliphatic carbocycles. The zero-order chi connectivity index (χ0) is 13.2. The van der Waals surface area contributed by atoms with Crippen LogP contribution in [0, 0.1) is 11.3 Å². The van der Waals surface area contributed by atoms with Gasteiger partial charge in [0.1, 0.15) is 6.33 Å². The molecule has 4 heteroatoms. The monoisotopic (exact) mass is 309 g/mol. The Hall–Kier alpha value is -2.25. The summed E-state index contributed by atoms with van der Waals surface area (Å²) in [6, 6.07) is 13.8. The van der Waals surface area contributed by atoms with Crippen LogP contribution in [0.25, 0.3) is 22.0 Å². The van der Waals surface area contributed by atoms with Crippen LogP contribution in [-0.4, -0.2) is 9.97 Å². The summed E-state index contributed by atoms with van der Waals surface area (Å²) in [5, 5.41) is 11.1. The molecule has 3 rings (SSSR count). The topological polar surface area (TPSA) is 49.6 Å². The first-order valence-corrected chi connectivity index (χ1v) is 6.48. The van der Waals surface area contributed by atoms with Crippen LogP contribution in [0.5, 0.6) is 0 Å². The molecular weight excluding hydrogens is 302 g/mol. The molecule has 0 radical (unpaired) electrons. The van der Waals surface area contributed by atoms with Crippen molar-refractivity contribution in [1.82, 2.24) is 9.97 Å². The number of fused-ring (bicyclic) bond motifs is 1. The summed E-state index contributed by atoms with van der Waals surface area (Å²) in [7, 11) is 0. The Bertz CT molecular complexity index is 806.